The molecule has 7 heteroatoms. The number of thiocarbonyl (C=S) groups is 1. The van der Waals surface area contributed by atoms with Crippen LogP contribution in [-0.2, 0) is 0 Å². The third-order valence-electron chi connectivity index (χ3n) is 3.37. The quantitative estimate of drug-likeness (QED) is 0.799. The van der Waals surface area contributed by atoms with Gasteiger partial charge in [0.25, 0.3) is 5.91 Å². The summed E-state index contributed by atoms with van der Waals surface area (Å²) in [6, 6.07) is 1.80. The summed E-state index contributed by atoms with van der Waals surface area (Å²) in [5.74, 6) is 0.0236. The van der Waals surface area contributed by atoms with Crippen LogP contribution in [0.5, 0.6) is 0 Å². The molecule has 1 aromatic rings. The Morgan fingerprint density at radius 2 is 1.95 bits per heavy atom. The van der Waals surface area contributed by atoms with Crippen molar-refractivity contribution in [3.63, 3.8) is 0 Å². The van der Waals surface area contributed by atoms with Crippen LogP contribution >= 0.6 is 12.2 Å². The van der Waals surface area contributed by atoms with E-state index in [1.165, 1.54) is 0 Å². The molecule has 0 aromatic carbocycles. The van der Waals surface area contributed by atoms with Gasteiger partial charge in [-0.05, 0) is 19.9 Å². The van der Waals surface area contributed by atoms with E-state index in [4.69, 9.17) is 18.0 Å². The second-order valence-corrected chi connectivity index (χ2v) is 5.54. The summed E-state index contributed by atoms with van der Waals surface area (Å²) >= 11 is 4.91. The number of carbonyl (C=O) groups is 1. The topological polar surface area (TPSA) is 75.4 Å². The standard InChI is InChI=1S/C13H19N5OS/c1-9-7-11(10(2)16-15-9)13(19)18-5-3-17(4-6-18)8-12(14)20/h7H,3-6,8H2,1-2H3,(H2,14,20). The van der Waals surface area contributed by atoms with Gasteiger partial charge >= 0.3 is 0 Å². The van der Waals surface area contributed by atoms with E-state index in [1.54, 1.807) is 6.07 Å². The van der Waals surface area contributed by atoms with Gasteiger partial charge < -0.3 is 10.6 Å². The Morgan fingerprint density at radius 1 is 1.30 bits per heavy atom. The van der Waals surface area contributed by atoms with Gasteiger partial charge in [0.05, 0.1) is 21.9 Å². The number of hydrogen-bond acceptors (Lipinski definition) is 5. The van der Waals surface area contributed by atoms with Crippen LogP contribution in [-0.4, -0.2) is 63.6 Å². The minimum atomic E-state index is 0.0236. The molecule has 1 aliphatic rings. The molecule has 2 heterocycles. The molecule has 0 aliphatic carbocycles. The van der Waals surface area contributed by atoms with E-state index in [0.717, 1.165) is 18.8 Å². The van der Waals surface area contributed by atoms with Gasteiger partial charge in [0, 0.05) is 32.7 Å². The van der Waals surface area contributed by atoms with E-state index in [-0.39, 0.29) is 5.91 Å². The SMILES string of the molecule is Cc1cc(C(=O)N2CCN(CC(N)=S)CC2)c(C)nn1. The lowest BCUT2D eigenvalue weighted by Crippen LogP contribution is -2.50. The number of rotatable bonds is 3. The Labute approximate surface area is 123 Å². The number of piperazine rings is 1. The average molecular weight is 293 g/mol. The van der Waals surface area contributed by atoms with Gasteiger partial charge in [-0.15, -0.1) is 0 Å². The van der Waals surface area contributed by atoms with Crippen LogP contribution in [0.1, 0.15) is 21.7 Å². The zero-order valence-corrected chi connectivity index (χ0v) is 12.6. The predicted octanol–water partition coefficient (Wildman–Crippen LogP) is 0.137. The molecule has 1 aromatic heterocycles. The average Bonchev–Trinajstić information content (AvgIpc) is 2.41. The maximum Gasteiger partial charge on any atom is 0.255 e. The van der Waals surface area contributed by atoms with Crippen molar-refractivity contribution in [3.05, 3.63) is 23.0 Å². The lowest BCUT2D eigenvalue weighted by atomic mass is 10.1. The third-order valence-corrected chi connectivity index (χ3v) is 3.50. The summed E-state index contributed by atoms with van der Waals surface area (Å²) in [5.41, 5.74) is 7.61. The number of amides is 1. The largest absolute Gasteiger partial charge is 0.392 e. The van der Waals surface area contributed by atoms with E-state index >= 15 is 0 Å². The molecule has 1 fully saturated rings. The van der Waals surface area contributed by atoms with Gasteiger partial charge in [-0.3, -0.25) is 9.69 Å². The molecule has 0 radical (unpaired) electrons. The van der Waals surface area contributed by atoms with Crippen LogP contribution in [0.4, 0.5) is 0 Å². The molecule has 1 amide bonds. The summed E-state index contributed by atoms with van der Waals surface area (Å²) in [6.45, 7) is 7.21. The Hall–Kier alpha value is -1.60. The van der Waals surface area contributed by atoms with Crippen LogP contribution in [0.3, 0.4) is 0 Å². The third kappa shape index (κ3) is 3.49. The van der Waals surface area contributed by atoms with Crippen molar-refractivity contribution >= 4 is 23.1 Å². The van der Waals surface area contributed by atoms with Crippen LogP contribution in [0.15, 0.2) is 6.07 Å². The molecule has 6 nitrogen and oxygen atoms in total. The van der Waals surface area contributed by atoms with E-state index in [1.807, 2.05) is 18.7 Å². The van der Waals surface area contributed by atoms with E-state index in [9.17, 15) is 4.79 Å². The van der Waals surface area contributed by atoms with E-state index in [0.29, 0.717) is 35.9 Å². The van der Waals surface area contributed by atoms with Crippen LogP contribution in [0, 0.1) is 13.8 Å². The molecule has 2 N–H and O–H groups in total. The van der Waals surface area contributed by atoms with Crippen molar-refractivity contribution in [2.24, 2.45) is 5.73 Å². The molecule has 1 saturated heterocycles. The molecule has 2 rings (SSSR count). The van der Waals surface area contributed by atoms with Gasteiger partial charge in [-0.2, -0.15) is 10.2 Å². The highest BCUT2D eigenvalue weighted by atomic mass is 32.1. The Bertz CT molecular complexity index is 525. The number of hydrogen-bond donors (Lipinski definition) is 1. The second-order valence-electron chi connectivity index (χ2n) is 5.02. The Morgan fingerprint density at radius 3 is 2.55 bits per heavy atom. The van der Waals surface area contributed by atoms with Gasteiger partial charge in [-0.25, -0.2) is 0 Å². The smallest absolute Gasteiger partial charge is 0.255 e. The fourth-order valence-electron chi connectivity index (χ4n) is 2.27. The highest BCUT2D eigenvalue weighted by Crippen LogP contribution is 2.11. The highest BCUT2D eigenvalue weighted by molar-refractivity contribution is 7.80. The monoisotopic (exact) mass is 293 g/mol. The molecule has 0 atom stereocenters. The van der Waals surface area contributed by atoms with Gasteiger partial charge in [0.15, 0.2) is 0 Å². The maximum absolute atomic E-state index is 12.5. The van der Waals surface area contributed by atoms with E-state index in [2.05, 4.69) is 15.1 Å². The van der Waals surface area contributed by atoms with Crippen LogP contribution in [0.2, 0.25) is 0 Å². The lowest BCUT2D eigenvalue weighted by molar-refractivity contribution is 0.0653. The molecule has 0 bridgehead atoms. The summed E-state index contributed by atoms with van der Waals surface area (Å²) < 4.78 is 0. The van der Waals surface area contributed by atoms with Gasteiger partial charge in [0.1, 0.15) is 0 Å². The summed E-state index contributed by atoms with van der Waals surface area (Å²) in [6.07, 6.45) is 0. The first-order valence-corrected chi connectivity index (χ1v) is 6.99. The first-order valence-electron chi connectivity index (χ1n) is 6.58. The molecular weight excluding hydrogens is 274 g/mol. The summed E-state index contributed by atoms with van der Waals surface area (Å²) in [7, 11) is 0. The fraction of sp³-hybridized carbons (Fsp3) is 0.538. The number of nitrogens with zero attached hydrogens (tertiary/aromatic N) is 4. The molecule has 0 unspecified atom stereocenters. The molecular formula is C13H19N5OS. The lowest BCUT2D eigenvalue weighted by Gasteiger charge is -2.34. The normalized spacial score (nSPS) is 16.2. The van der Waals surface area contributed by atoms with Crippen molar-refractivity contribution in [2.45, 2.75) is 13.8 Å². The second kappa shape index (κ2) is 6.23. The number of aromatic nitrogens is 2. The highest BCUT2D eigenvalue weighted by Gasteiger charge is 2.23. The zero-order chi connectivity index (χ0) is 14.7. The Balaban J connectivity index is 2.01. The molecule has 0 saturated carbocycles. The fourth-order valence-corrected chi connectivity index (χ4v) is 2.45. The molecule has 20 heavy (non-hydrogen) atoms. The van der Waals surface area contributed by atoms with Crippen LogP contribution in [0.25, 0.3) is 0 Å². The minimum Gasteiger partial charge on any atom is -0.392 e. The predicted molar refractivity (Wildman–Crippen MR) is 80.6 cm³/mol. The van der Waals surface area contributed by atoms with Crippen molar-refractivity contribution < 1.29 is 4.79 Å². The van der Waals surface area contributed by atoms with Crippen molar-refractivity contribution in [1.82, 2.24) is 20.0 Å². The Kier molecular flexibility index (Phi) is 4.61. The number of aryl methyl sites for hydroxylation is 2. The first kappa shape index (κ1) is 14.8. The van der Waals surface area contributed by atoms with Gasteiger partial charge in [0.2, 0.25) is 0 Å². The number of carbonyl (C=O) groups excluding carboxylic acids is 1. The molecule has 1 aliphatic heterocycles. The van der Waals surface area contributed by atoms with Crippen molar-refractivity contribution in [3.8, 4) is 0 Å². The first-order chi connectivity index (χ1) is 9.47. The van der Waals surface area contributed by atoms with Gasteiger partial charge in [-0.1, -0.05) is 12.2 Å². The van der Waals surface area contributed by atoms with Crippen molar-refractivity contribution in [1.29, 1.82) is 0 Å². The van der Waals surface area contributed by atoms with Crippen LogP contribution < -0.4 is 5.73 Å². The number of nitrogens with two attached hydrogens (primary N) is 1. The zero-order valence-electron chi connectivity index (χ0n) is 11.8. The maximum atomic E-state index is 12.5. The summed E-state index contributed by atoms with van der Waals surface area (Å²) in [5, 5.41) is 7.96. The molecule has 0 spiro atoms. The van der Waals surface area contributed by atoms with E-state index < -0.39 is 0 Å². The minimum absolute atomic E-state index is 0.0236. The summed E-state index contributed by atoms with van der Waals surface area (Å²) in [4.78, 5) is 17.0. The van der Waals surface area contributed by atoms with Crippen molar-refractivity contribution in [2.75, 3.05) is 32.7 Å². The molecule has 108 valence electrons.